The Morgan fingerprint density at radius 2 is 0.952 bits per heavy atom. The van der Waals surface area contributed by atoms with Crippen molar-refractivity contribution in [1.82, 2.24) is 4.98 Å². The van der Waals surface area contributed by atoms with Gasteiger partial charge in [-0.3, -0.25) is 4.98 Å². The molecule has 0 amide bonds. The van der Waals surface area contributed by atoms with Crippen molar-refractivity contribution in [3.05, 3.63) is 91.3 Å². The molecule has 0 aliphatic rings. The van der Waals surface area contributed by atoms with Gasteiger partial charge in [-0.1, -0.05) is 6.07 Å². The second-order valence-electron chi connectivity index (χ2n) is 4.33. The maximum Gasteiger partial charge on any atom is 0.0267 e. The Balaban J connectivity index is 0.000000225. The van der Waals surface area contributed by atoms with Gasteiger partial charge in [-0.2, -0.15) is 0 Å². The quantitative estimate of drug-likeness (QED) is 0.572. The zero-order chi connectivity index (χ0) is 15.0. The van der Waals surface area contributed by atoms with Gasteiger partial charge in [0.1, 0.15) is 0 Å². The van der Waals surface area contributed by atoms with Gasteiger partial charge in [0, 0.05) is 12.4 Å². The van der Waals surface area contributed by atoms with Gasteiger partial charge in [0.05, 0.1) is 0 Å². The van der Waals surface area contributed by atoms with Crippen LogP contribution in [0.3, 0.4) is 0 Å². The second-order valence-corrected chi connectivity index (χ2v) is 19.8. The molecule has 1 heterocycles. The average Bonchev–Trinajstić information content (AvgIpc) is 2.59. The first-order valence-electron chi connectivity index (χ1n) is 6.55. The van der Waals surface area contributed by atoms with E-state index in [0.29, 0.717) is 0 Å². The molecule has 0 fully saturated rings. The molecule has 0 N–H and O–H groups in total. The maximum atomic E-state index is 6.56. The summed E-state index contributed by atoms with van der Waals surface area (Å²) in [6.45, 7) is 0. The summed E-state index contributed by atoms with van der Waals surface area (Å²) in [5, 5.41) is 0. The molecule has 1 nitrogen and oxygen atoms in total. The van der Waals surface area contributed by atoms with E-state index in [9.17, 15) is 0 Å². The van der Waals surface area contributed by atoms with Gasteiger partial charge in [-0.05, 0) is 12.1 Å². The van der Waals surface area contributed by atoms with Crippen molar-refractivity contribution in [3.8, 4) is 0 Å². The summed E-state index contributed by atoms with van der Waals surface area (Å²) in [5.74, 6) is 0. The standard InChI is InChI=1S/2C6H5.C5H5N.2ClH.Sn/c3*1-2-4-6-5-3-1;;;/h3*1-5H;2*1H;/q;;;;;+2/p-2. The van der Waals surface area contributed by atoms with E-state index in [-0.39, 0.29) is 0 Å². The molecule has 106 valence electrons. The molecular formula is C17H15Cl2NSn. The fourth-order valence-electron chi connectivity index (χ4n) is 1.77. The number of aromatic nitrogens is 1. The molecule has 1 aromatic heterocycles. The Hall–Kier alpha value is -1.03. The minimum atomic E-state index is -3.30. The minimum absolute atomic E-state index is 1.10. The molecule has 0 spiro atoms. The van der Waals surface area contributed by atoms with Gasteiger partial charge in [0.25, 0.3) is 0 Å². The van der Waals surface area contributed by atoms with Crippen LogP contribution in [0.1, 0.15) is 0 Å². The number of halogens is 2. The van der Waals surface area contributed by atoms with Gasteiger partial charge >= 0.3 is 102 Å². The zero-order valence-electron chi connectivity index (χ0n) is 11.4. The third-order valence-electron chi connectivity index (χ3n) is 2.84. The van der Waals surface area contributed by atoms with Crippen molar-refractivity contribution < 1.29 is 0 Å². The van der Waals surface area contributed by atoms with E-state index >= 15 is 0 Å². The van der Waals surface area contributed by atoms with Gasteiger partial charge in [0.2, 0.25) is 0 Å². The molecule has 2 aromatic carbocycles. The van der Waals surface area contributed by atoms with E-state index in [1.807, 2.05) is 78.9 Å². The summed E-state index contributed by atoms with van der Waals surface area (Å²) in [6, 6.07) is 25.7. The number of hydrogen-bond donors (Lipinski definition) is 0. The van der Waals surface area contributed by atoms with Crippen LogP contribution in [0.15, 0.2) is 91.3 Å². The van der Waals surface area contributed by atoms with E-state index in [0.717, 1.165) is 7.16 Å². The molecule has 0 saturated heterocycles. The molecule has 3 aromatic rings. The van der Waals surface area contributed by atoms with Gasteiger partial charge in [-0.25, -0.2) is 0 Å². The van der Waals surface area contributed by atoms with Crippen LogP contribution in [0, 0.1) is 0 Å². The Labute approximate surface area is 136 Å². The van der Waals surface area contributed by atoms with Crippen LogP contribution >= 0.6 is 17.8 Å². The molecule has 0 radical (unpaired) electrons. The smallest absolute Gasteiger partial charge is 0.0267 e. The van der Waals surface area contributed by atoms with E-state index in [1.165, 1.54) is 0 Å². The maximum absolute atomic E-state index is 6.56. The van der Waals surface area contributed by atoms with E-state index < -0.39 is 16.1 Å². The van der Waals surface area contributed by atoms with Crippen LogP contribution in [-0.4, -0.2) is 21.1 Å². The third-order valence-corrected chi connectivity index (χ3v) is 14.7. The van der Waals surface area contributed by atoms with E-state index in [4.69, 9.17) is 17.8 Å². The minimum Gasteiger partial charge on any atom is -0.265 e. The van der Waals surface area contributed by atoms with Crippen molar-refractivity contribution >= 4 is 41.1 Å². The predicted octanol–water partition coefficient (Wildman–Crippen LogP) is 3.80. The monoisotopic (exact) mass is 423 g/mol. The number of nitrogens with zero attached hydrogens (tertiary/aromatic N) is 1. The molecule has 21 heavy (non-hydrogen) atoms. The number of rotatable bonds is 2. The van der Waals surface area contributed by atoms with Crippen LogP contribution in [0.4, 0.5) is 0 Å². The van der Waals surface area contributed by atoms with Crippen molar-refractivity contribution in [2.24, 2.45) is 0 Å². The van der Waals surface area contributed by atoms with Crippen molar-refractivity contribution in [2.75, 3.05) is 0 Å². The average molecular weight is 423 g/mol. The molecular weight excluding hydrogens is 408 g/mol. The first-order valence-corrected chi connectivity index (χ1v) is 16.6. The summed E-state index contributed by atoms with van der Waals surface area (Å²) in [5.41, 5.74) is 0. The largest absolute Gasteiger partial charge is 0.265 e. The van der Waals surface area contributed by atoms with Crippen LogP contribution in [0.2, 0.25) is 0 Å². The number of pyridine rings is 1. The first-order chi connectivity index (χ1) is 10.2. The zero-order valence-corrected chi connectivity index (χ0v) is 15.7. The molecule has 0 bridgehead atoms. The molecule has 0 aliphatic carbocycles. The number of hydrogen-bond acceptors (Lipinski definition) is 1. The van der Waals surface area contributed by atoms with Crippen molar-refractivity contribution in [3.63, 3.8) is 0 Å². The Morgan fingerprint density at radius 1 is 0.571 bits per heavy atom. The van der Waals surface area contributed by atoms with Gasteiger partial charge in [-0.15, -0.1) is 0 Å². The molecule has 4 heteroatoms. The van der Waals surface area contributed by atoms with Crippen LogP contribution in [0.5, 0.6) is 0 Å². The molecule has 0 atom stereocenters. The summed E-state index contributed by atoms with van der Waals surface area (Å²) in [6.07, 6.45) is 3.50. The van der Waals surface area contributed by atoms with E-state index in [2.05, 4.69) is 4.98 Å². The van der Waals surface area contributed by atoms with Crippen LogP contribution in [0.25, 0.3) is 0 Å². The Morgan fingerprint density at radius 3 is 1.24 bits per heavy atom. The predicted molar refractivity (Wildman–Crippen MR) is 93.8 cm³/mol. The summed E-state index contributed by atoms with van der Waals surface area (Å²) < 4.78 is 2.20. The Bertz CT molecular complexity index is 563. The van der Waals surface area contributed by atoms with Crippen molar-refractivity contribution in [1.29, 1.82) is 0 Å². The Kier molecular flexibility index (Phi) is 6.55. The van der Waals surface area contributed by atoms with E-state index in [1.54, 1.807) is 12.4 Å². The number of benzene rings is 2. The molecule has 3 rings (SSSR count). The summed E-state index contributed by atoms with van der Waals surface area (Å²) >= 11 is -3.30. The van der Waals surface area contributed by atoms with Gasteiger partial charge < -0.3 is 0 Å². The SMILES string of the molecule is [Cl][Sn]([Cl])([c]1ccccc1)[c]1ccccc1.c1ccncc1. The summed E-state index contributed by atoms with van der Waals surface area (Å²) in [4.78, 5) is 3.78. The van der Waals surface area contributed by atoms with Gasteiger partial charge in [0.15, 0.2) is 0 Å². The second kappa shape index (κ2) is 8.42. The van der Waals surface area contributed by atoms with Crippen LogP contribution in [-0.2, 0) is 0 Å². The third kappa shape index (κ3) is 5.02. The first kappa shape index (κ1) is 16.3. The molecule has 0 unspecified atom stereocenters. The van der Waals surface area contributed by atoms with Crippen molar-refractivity contribution in [2.45, 2.75) is 0 Å². The summed E-state index contributed by atoms with van der Waals surface area (Å²) in [7, 11) is 13.1. The normalized spacial score (nSPS) is 10.4. The fourth-order valence-corrected chi connectivity index (χ4v) is 9.59. The molecule has 0 saturated carbocycles. The fraction of sp³-hybridized carbons (Fsp3) is 0. The topological polar surface area (TPSA) is 12.9 Å². The molecule has 0 aliphatic heterocycles. The van der Waals surface area contributed by atoms with Crippen LogP contribution < -0.4 is 7.16 Å².